The molecule has 3 fully saturated rings. The highest BCUT2D eigenvalue weighted by Gasteiger charge is 2.61. The second-order valence-electron chi connectivity index (χ2n) is 10.4. The van der Waals surface area contributed by atoms with E-state index in [1.165, 1.54) is 29.0 Å². The van der Waals surface area contributed by atoms with E-state index in [0.29, 0.717) is 29.5 Å². The fraction of sp³-hybridized carbons (Fsp3) is 0.367. The fourth-order valence-electron chi connectivity index (χ4n) is 6.50. The summed E-state index contributed by atoms with van der Waals surface area (Å²) in [4.78, 5) is 5.25. The molecule has 168 valence electrons. The lowest BCUT2D eigenvalue weighted by Crippen LogP contribution is -2.59. The number of nitrogens with zero attached hydrogens (tertiary/aromatic N) is 1. The summed E-state index contributed by atoms with van der Waals surface area (Å²) in [7, 11) is -0.491. The predicted molar refractivity (Wildman–Crippen MR) is 139 cm³/mol. The molecule has 3 aromatic rings. The maximum absolute atomic E-state index is 6.46. The van der Waals surface area contributed by atoms with Crippen LogP contribution in [-0.2, 0) is 4.74 Å². The van der Waals surface area contributed by atoms with Gasteiger partial charge in [-0.3, -0.25) is 0 Å². The summed E-state index contributed by atoms with van der Waals surface area (Å²) in [5, 5.41) is 2.96. The first-order chi connectivity index (χ1) is 16.1. The molecule has 3 saturated carbocycles. The van der Waals surface area contributed by atoms with Crippen molar-refractivity contribution in [3.05, 3.63) is 96.6 Å². The van der Waals surface area contributed by atoms with Crippen molar-refractivity contribution in [2.45, 2.75) is 38.4 Å². The Bertz CT molecular complexity index is 1090. The van der Waals surface area contributed by atoms with E-state index in [0.717, 1.165) is 11.8 Å². The van der Waals surface area contributed by atoms with Crippen molar-refractivity contribution in [2.24, 2.45) is 28.2 Å². The third-order valence-electron chi connectivity index (χ3n) is 8.46. The van der Waals surface area contributed by atoms with Gasteiger partial charge in [0.05, 0.1) is 0 Å². The average molecular weight is 454 g/mol. The van der Waals surface area contributed by atoms with Crippen molar-refractivity contribution < 1.29 is 4.74 Å². The molecule has 3 aliphatic carbocycles. The van der Waals surface area contributed by atoms with Gasteiger partial charge in [-0.1, -0.05) is 105 Å². The van der Waals surface area contributed by atoms with Gasteiger partial charge in [0.15, 0.2) is 5.90 Å². The van der Waals surface area contributed by atoms with Crippen molar-refractivity contribution in [1.29, 1.82) is 0 Å². The van der Waals surface area contributed by atoms with E-state index in [2.05, 4.69) is 105 Å². The molecule has 3 heteroatoms. The van der Waals surface area contributed by atoms with E-state index in [9.17, 15) is 0 Å². The molecule has 3 aromatic carbocycles. The van der Waals surface area contributed by atoms with Gasteiger partial charge in [0.2, 0.25) is 0 Å². The van der Waals surface area contributed by atoms with Crippen LogP contribution >= 0.6 is 7.92 Å². The Morgan fingerprint density at radius 3 is 1.94 bits per heavy atom. The zero-order valence-corrected chi connectivity index (χ0v) is 20.4. The highest BCUT2D eigenvalue weighted by atomic mass is 31.1. The van der Waals surface area contributed by atoms with Gasteiger partial charge in [0.1, 0.15) is 12.6 Å². The van der Waals surface area contributed by atoms with E-state index in [1.54, 1.807) is 0 Å². The van der Waals surface area contributed by atoms with Crippen LogP contribution < -0.4 is 10.6 Å². The maximum atomic E-state index is 6.46. The molecule has 0 aromatic heterocycles. The Morgan fingerprint density at radius 2 is 1.36 bits per heavy atom. The molecule has 1 unspecified atom stereocenters. The van der Waals surface area contributed by atoms with Crippen LogP contribution in [0.2, 0.25) is 0 Å². The van der Waals surface area contributed by atoms with E-state index in [4.69, 9.17) is 9.73 Å². The Morgan fingerprint density at radius 1 is 0.788 bits per heavy atom. The van der Waals surface area contributed by atoms with Crippen molar-refractivity contribution in [1.82, 2.24) is 0 Å². The molecule has 1 heterocycles. The van der Waals surface area contributed by atoms with E-state index in [1.807, 2.05) is 0 Å². The summed E-state index contributed by atoms with van der Waals surface area (Å²) in [5.74, 6) is 2.87. The van der Waals surface area contributed by atoms with Crippen molar-refractivity contribution in [2.75, 3.05) is 6.61 Å². The summed E-state index contributed by atoms with van der Waals surface area (Å²) in [6.07, 6.45) is 2.58. The summed E-state index contributed by atoms with van der Waals surface area (Å²) < 4.78 is 6.46. The first-order valence-corrected chi connectivity index (χ1v) is 13.7. The minimum atomic E-state index is -0.491. The first kappa shape index (κ1) is 21.1. The Labute approximate surface area is 198 Å². The van der Waals surface area contributed by atoms with Gasteiger partial charge in [-0.15, -0.1) is 0 Å². The van der Waals surface area contributed by atoms with Gasteiger partial charge < -0.3 is 4.74 Å². The minimum Gasteiger partial charge on any atom is -0.478 e. The molecule has 0 N–H and O–H groups in total. The molecule has 0 radical (unpaired) electrons. The summed E-state index contributed by atoms with van der Waals surface area (Å²) in [6.45, 7) is 5.63. The average Bonchev–Trinajstić information content (AvgIpc) is 3.36. The SMILES string of the molecule is CC1(C)C2C[C@H](P(c3ccccc3)c3ccccc3)[C@@H](C3=N[C@H](c4ccccc4)CO3)[C@@H]1C2. The number of benzene rings is 3. The fourth-order valence-corrected chi connectivity index (χ4v) is 9.68. The highest BCUT2D eigenvalue weighted by Crippen LogP contribution is 2.67. The smallest absolute Gasteiger partial charge is 0.188 e. The minimum absolute atomic E-state index is 0.127. The summed E-state index contributed by atoms with van der Waals surface area (Å²) in [5.41, 5.74) is 2.19. The van der Waals surface area contributed by atoms with Gasteiger partial charge in [-0.25, -0.2) is 4.99 Å². The van der Waals surface area contributed by atoms with Crippen molar-refractivity contribution >= 4 is 24.4 Å². The van der Waals surface area contributed by atoms with Crippen LogP contribution in [0.15, 0.2) is 96.0 Å². The van der Waals surface area contributed by atoms with Gasteiger partial charge in [0, 0.05) is 5.92 Å². The van der Waals surface area contributed by atoms with Crippen LogP contribution in [-0.4, -0.2) is 18.2 Å². The van der Waals surface area contributed by atoms with E-state index >= 15 is 0 Å². The molecule has 4 aliphatic rings. The lowest BCUT2D eigenvalue weighted by molar-refractivity contribution is -0.0860. The van der Waals surface area contributed by atoms with Crippen LogP contribution in [0.4, 0.5) is 0 Å². The van der Waals surface area contributed by atoms with Crippen LogP contribution in [0.1, 0.15) is 38.3 Å². The highest BCUT2D eigenvalue weighted by molar-refractivity contribution is 7.73. The molecule has 0 spiro atoms. The molecular weight excluding hydrogens is 421 g/mol. The number of hydrogen-bond acceptors (Lipinski definition) is 2. The molecule has 2 bridgehead atoms. The normalized spacial score (nSPS) is 29.8. The largest absolute Gasteiger partial charge is 0.478 e. The van der Waals surface area contributed by atoms with Gasteiger partial charge in [0.25, 0.3) is 0 Å². The van der Waals surface area contributed by atoms with Crippen molar-refractivity contribution in [3.8, 4) is 0 Å². The monoisotopic (exact) mass is 453 g/mol. The molecule has 33 heavy (non-hydrogen) atoms. The molecule has 0 saturated heterocycles. The lowest BCUT2D eigenvalue weighted by atomic mass is 9.45. The predicted octanol–water partition coefficient (Wildman–Crippen LogP) is 6.34. The Kier molecular flexibility index (Phi) is 5.38. The Hall–Kier alpha value is -2.44. The standard InChI is InChI=1S/C30H32NOP/c1-30(2)22-18-25(30)28(29-31-26(20-32-29)21-12-6-3-7-13-21)27(19-22)33(23-14-8-4-9-15-23)24-16-10-5-11-17-24/h3-17,22,25-28H,18-20H2,1-2H3/t22?,25-,26-,27-,28-/m0/s1. The van der Waals surface area contributed by atoms with Gasteiger partial charge in [-0.05, 0) is 59.8 Å². The molecule has 7 rings (SSSR count). The van der Waals surface area contributed by atoms with Crippen LogP contribution in [0, 0.1) is 23.2 Å². The number of aliphatic imine (C=N–C) groups is 1. The van der Waals surface area contributed by atoms with E-state index in [-0.39, 0.29) is 6.04 Å². The lowest BCUT2D eigenvalue weighted by Gasteiger charge is -2.63. The number of ether oxygens (including phenoxy) is 1. The second kappa shape index (κ2) is 8.41. The van der Waals surface area contributed by atoms with Gasteiger partial charge in [-0.2, -0.15) is 0 Å². The molecule has 0 amide bonds. The van der Waals surface area contributed by atoms with Crippen molar-refractivity contribution in [3.63, 3.8) is 0 Å². The first-order valence-electron chi connectivity index (χ1n) is 12.3. The van der Waals surface area contributed by atoms with Gasteiger partial charge >= 0.3 is 0 Å². The van der Waals surface area contributed by atoms with Crippen LogP contribution in [0.5, 0.6) is 0 Å². The topological polar surface area (TPSA) is 21.6 Å². The molecular formula is C30H32NOP. The number of fused-ring (bicyclic) bond motifs is 2. The Balaban J connectivity index is 1.42. The third kappa shape index (κ3) is 3.64. The second-order valence-corrected chi connectivity index (χ2v) is 12.9. The molecule has 2 nitrogen and oxygen atoms in total. The third-order valence-corrected chi connectivity index (χ3v) is 11.4. The zero-order chi connectivity index (χ0) is 22.4. The van der Waals surface area contributed by atoms with Crippen LogP contribution in [0.3, 0.4) is 0 Å². The summed E-state index contributed by atoms with van der Waals surface area (Å²) in [6, 6.07) is 33.2. The number of hydrogen-bond donors (Lipinski definition) is 0. The zero-order valence-electron chi connectivity index (χ0n) is 19.5. The number of rotatable bonds is 5. The maximum Gasteiger partial charge on any atom is 0.188 e. The molecule has 1 aliphatic heterocycles. The molecule has 5 atom stereocenters. The van der Waals surface area contributed by atoms with E-state index < -0.39 is 7.92 Å². The summed E-state index contributed by atoms with van der Waals surface area (Å²) >= 11 is 0. The van der Waals surface area contributed by atoms with Crippen LogP contribution in [0.25, 0.3) is 0 Å². The quantitative estimate of drug-likeness (QED) is 0.413.